The topological polar surface area (TPSA) is 74.6 Å². The molecule has 14 heavy (non-hydrogen) atoms. The Hall–Kier alpha value is -1.04. The molecular weight excluding hydrogens is 252 g/mol. The van der Waals surface area contributed by atoms with Gasteiger partial charge in [-0.1, -0.05) is 28.1 Å². The average molecular weight is 257 g/mol. The number of carbonyl (C=O) groups excluding carboxylic acids is 2. The average Bonchev–Trinajstić information content (AvgIpc) is 2.30. The van der Waals surface area contributed by atoms with Crippen LogP contribution in [0.3, 0.4) is 0 Å². The number of halogens is 1. The highest BCUT2D eigenvalue weighted by Gasteiger charge is 2.51. The van der Waals surface area contributed by atoms with Crippen LogP contribution in [0.15, 0.2) is 22.7 Å². The molecule has 0 atom stereocenters. The molecule has 1 aliphatic carbocycles. The van der Waals surface area contributed by atoms with Crippen molar-refractivity contribution in [1.29, 1.82) is 0 Å². The highest BCUT2D eigenvalue weighted by molar-refractivity contribution is 9.10. The quantitative estimate of drug-likeness (QED) is 0.524. The van der Waals surface area contributed by atoms with Gasteiger partial charge in [-0.25, -0.2) is 0 Å². The Morgan fingerprint density at radius 3 is 2.36 bits per heavy atom. The van der Waals surface area contributed by atoms with E-state index in [0.29, 0.717) is 4.47 Å². The molecule has 4 nitrogen and oxygen atoms in total. The SMILES string of the molecule is O=C1c2cccc(Br)c2C(=O)C1(O)O. The lowest BCUT2D eigenvalue weighted by molar-refractivity contribution is -0.0857. The Labute approximate surface area is 87.3 Å². The second-order valence-corrected chi connectivity index (χ2v) is 3.85. The van der Waals surface area contributed by atoms with Crippen molar-refractivity contribution in [3.63, 3.8) is 0 Å². The summed E-state index contributed by atoms with van der Waals surface area (Å²) >= 11 is 3.07. The van der Waals surface area contributed by atoms with Crippen molar-refractivity contribution in [3.05, 3.63) is 33.8 Å². The fourth-order valence-electron chi connectivity index (χ4n) is 1.41. The van der Waals surface area contributed by atoms with E-state index < -0.39 is 17.4 Å². The highest BCUT2D eigenvalue weighted by Crippen LogP contribution is 2.33. The molecule has 2 N–H and O–H groups in total. The van der Waals surface area contributed by atoms with Gasteiger partial charge in [0.25, 0.3) is 5.79 Å². The van der Waals surface area contributed by atoms with Gasteiger partial charge in [-0.15, -0.1) is 0 Å². The Bertz CT molecular complexity index is 450. The number of carbonyl (C=O) groups is 2. The number of hydrogen-bond donors (Lipinski definition) is 2. The molecule has 0 heterocycles. The Kier molecular flexibility index (Phi) is 1.85. The summed E-state index contributed by atoms with van der Waals surface area (Å²) in [4.78, 5) is 22.7. The lowest BCUT2D eigenvalue weighted by atomic mass is 10.1. The van der Waals surface area contributed by atoms with E-state index >= 15 is 0 Å². The van der Waals surface area contributed by atoms with Crippen molar-refractivity contribution in [2.24, 2.45) is 0 Å². The zero-order valence-corrected chi connectivity index (χ0v) is 8.41. The van der Waals surface area contributed by atoms with Crippen molar-refractivity contribution in [2.45, 2.75) is 5.79 Å². The van der Waals surface area contributed by atoms with Crippen LogP contribution in [0.2, 0.25) is 0 Å². The fraction of sp³-hybridized carbons (Fsp3) is 0.111. The van der Waals surface area contributed by atoms with Crippen LogP contribution in [0.4, 0.5) is 0 Å². The number of rotatable bonds is 0. The van der Waals surface area contributed by atoms with Crippen LogP contribution in [0.25, 0.3) is 0 Å². The summed E-state index contributed by atoms with van der Waals surface area (Å²) in [5, 5.41) is 18.4. The van der Waals surface area contributed by atoms with E-state index in [2.05, 4.69) is 15.9 Å². The predicted molar refractivity (Wildman–Crippen MR) is 50.0 cm³/mol. The molecular formula is C9H5BrO4. The van der Waals surface area contributed by atoms with Crippen LogP contribution in [-0.2, 0) is 0 Å². The smallest absolute Gasteiger partial charge is 0.295 e. The first-order chi connectivity index (χ1) is 6.46. The molecule has 0 fully saturated rings. The van der Waals surface area contributed by atoms with E-state index in [1.165, 1.54) is 6.07 Å². The molecule has 1 aromatic rings. The zero-order chi connectivity index (χ0) is 10.5. The fourth-order valence-corrected chi connectivity index (χ4v) is 1.96. The lowest BCUT2D eigenvalue weighted by Gasteiger charge is -2.08. The second-order valence-electron chi connectivity index (χ2n) is 2.99. The molecule has 0 unspecified atom stereocenters. The number of benzene rings is 1. The molecule has 0 saturated heterocycles. The predicted octanol–water partition coefficient (Wildman–Crippen LogP) is 0.509. The van der Waals surface area contributed by atoms with E-state index in [9.17, 15) is 19.8 Å². The van der Waals surface area contributed by atoms with Gasteiger partial charge >= 0.3 is 0 Å². The van der Waals surface area contributed by atoms with Gasteiger partial charge in [-0.3, -0.25) is 9.59 Å². The van der Waals surface area contributed by atoms with Gasteiger partial charge in [0.15, 0.2) is 0 Å². The van der Waals surface area contributed by atoms with Crippen molar-refractivity contribution in [3.8, 4) is 0 Å². The summed E-state index contributed by atoms with van der Waals surface area (Å²) in [6.07, 6.45) is 0. The number of fused-ring (bicyclic) bond motifs is 1. The molecule has 5 heteroatoms. The first-order valence-electron chi connectivity index (χ1n) is 3.79. The maximum absolute atomic E-state index is 11.4. The standard InChI is InChI=1S/C9H5BrO4/c10-5-3-1-2-4-6(5)8(12)9(13,14)7(4)11/h1-3,13-14H. The number of hydrogen-bond acceptors (Lipinski definition) is 4. The van der Waals surface area contributed by atoms with Crippen molar-refractivity contribution < 1.29 is 19.8 Å². The molecule has 1 aromatic carbocycles. The monoisotopic (exact) mass is 256 g/mol. The third kappa shape index (κ3) is 1.00. The van der Waals surface area contributed by atoms with Gasteiger partial charge < -0.3 is 10.2 Å². The molecule has 0 radical (unpaired) electrons. The largest absolute Gasteiger partial charge is 0.353 e. The molecule has 0 aliphatic heterocycles. The van der Waals surface area contributed by atoms with Crippen LogP contribution >= 0.6 is 15.9 Å². The first kappa shape index (κ1) is 9.51. The van der Waals surface area contributed by atoms with E-state index in [-0.39, 0.29) is 11.1 Å². The van der Waals surface area contributed by atoms with Gasteiger partial charge in [0.1, 0.15) is 0 Å². The maximum atomic E-state index is 11.4. The van der Waals surface area contributed by atoms with Gasteiger partial charge in [0.2, 0.25) is 11.6 Å². The highest BCUT2D eigenvalue weighted by atomic mass is 79.9. The molecule has 72 valence electrons. The molecule has 0 spiro atoms. The summed E-state index contributed by atoms with van der Waals surface area (Å²) in [6, 6.07) is 4.50. The van der Waals surface area contributed by atoms with Crippen molar-refractivity contribution in [1.82, 2.24) is 0 Å². The summed E-state index contributed by atoms with van der Waals surface area (Å²) < 4.78 is 0.387. The number of aliphatic hydroxyl groups is 2. The van der Waals surface area contributed by atoms with Gasteiger partial charge in [-0.05, 0) is 6.07 Å². The molecule has 2 rings (SSSR count). The van der Waals surface area contributed by atoms with Gasteiger partial charge in [-0.2, -0.15) is 0 Å². The van der Waals surface area contributed by atoms with E-state index in [1.54, 1.807) is 12.1 Å². The molecule has 0 aromatic heterocycles. The maximum Gasteiger partial charge on any atom is 0.295 e. The molecule has 1 aliphatic rings. The van der Waals surface area contributed by atoms with Crippen LogP contribution in [-0.4, -0.2) is 27.6 Å². The minimum Gasteiger partial charge on any atom is -0.353 e. The summed E-state index contributed by atoms with van der Waals surface area (Å²) in [5.41, 5.74) is 0.0666. The van der Waals surface area contributed by atoms with Crippen molar-refractivity contribution in [2.75, 3.05) is 0 Å². The van der Waals surface area contributed by atoms with Crippen LogP contribution in [0.5, 0.6) is 0 Å². The number of Topliss-reactive ketones (excluding diaryl/α,β-unsaturated/α-hetero) is 2. The number of ketones is 2. The van der Waals surface area contributed by atoms with Gasteiger partial charge in [0.05, 0.1) is 0 Å². The second kappa shape index (κ2) is 2.73. The molecule has 0 bridgehead atoms. The third-order valence-corrected chi connectivity index (χ3v) is 2.78. The van der Waals surface area contributed by atoms with E-state index in [0.717, 1.165) is 0 Å². The third-order valence-electron chi connectivity index (χ3n) is 2.12. The Morgan fingerprint density at radius 2 is 1.79 bits per heavy atom. The van der Waals surface area contributed by atoms with Gasteiger partial charge in [0, 0.05) is 15.6 Å². The summed E-state index contributed by atoms with van der Waals surface area (Å²) in [6.45, 7) is 0. The minimum atomic E-state index is -2.90. The summed E-state index contributed by atoms with van der Waals surface area (Å²) in [5.74, 6) is -4.85. The summed E-state index contributed by atoms with van der Waals surface area (Å²) in [7, 11) is 0. The first-order valence-corrected chi connectivity index (χ1v) is 4.58. The van der Waals surface area contributed by atoms with Crippen LogP contribution in [0, 0.1) is 0 Å². The lowest BCUT2D eigenvalue weighted by Crippen LogP contribution is -2.40. The van der Waals surface area contributed by atoms with Crippen LogP contribution < -0.4 is 0 Å². The minimum absolute atomic E-state index is 0.0301. The van der Waals surface area contributed by atoms with E-state index in [4.69, 9.17) is 0 Å². The van der Waals surface area contributed by atoms with Crippen molar-refractivity contribution >= 4 is 27.5 Å². The van der Waals surface area contributed by atoms with E-state index in [1.807, 2.05) is 0 Å². The molecule has 0 saturated carbocycles. The van der Waals surface area contributed by atoms with Crippen LogP contribution in [0.1, 0.15) is 20.7 Å². The zero-order valence-electron chi connectivity index (χ0n) is 6.82. The normalized spacial score (nSPS) is 18.5. The Balaban J connectivity index is 2.77. The molecule has 0 amide bonds. The Morgan fingerprint density at radius 1 is 1.14 bits per heavy atom.